The van der Waals surface area contributed by atoms with E-state index in [0.29, 0.717) is 37.9 Å². The number of rotatable bonds is 5. The maximum atomic E-state index is 13.1. The molecule has 4 aromatic rings. The van der Waals surface area contributed by atoms with Gasteiger partial charge in [-0.15, -0.1) is 0 Å². The van der Waals surface area contributed by atoms with Crippen molar-refractivity contribution in [2.24, 2.45) is 5.92 Å². The van der Waals surface area contributed by atoms with Crippen LogP contribution in [0.15, 0.2) is 60.9 Å². The summed E-state index contributed by atoms with van der Waals surface area (Å²) in [7, 11) is 0. The van der Waals surface area contributed by atoms with Gasteiger partial charge in [-0.1, -0.05) is 18.2 Å². The summed E-state index contributed by atoms with van der Waals surface area (Å²) in [5, 5.41) is 0.959. The summed E-state index contributed by atoms with van der Waals surface area (Å²) in [6, 6.07) is 15.3. The van der Waals surface area contributed by atoms with Gasteiger partial charge in [0, 0.05) is 61.2 Å². The van der Waals surface area contributed by atoms with Crippen LogP contribution in [-0.2, 0) is 24.2 Å². The average molecular weight is 480 g/mol. The molecule has 0 N–H and O–H groups in total. The average Bonchev–Trinajstić information content (AvgIpc) is 3.37. The molecule has 0 unspecified atom stereocenters. The van der Waals surface area contributed by atoms with Crippen LogP contribution < -0.4 is 0 Å². The van der Waals surface area contributed by atoms with Gasteiger partial charge >= 0.3 is 0 Å². The van der Waals surface area contributed by atoms with Crippen LogP contribution >= 0.6 is 0 Å². The van der Waals surface area contributed by atoms with E-state index in [0.717, 1.165) is 46.8 Å². The largest absolute Gasteiger partial charge is 0.339 e. The predicted molar refractivity (Wildman–Crippen MR) is 137 cm³/mol. The number of carbonyl (C=O) groups is 2. The Morgan fingerprint density at radius 3 is 2.58 bits per heavy atom. The first-order valence-electron chi connectivity index (χ1n) is 12.8. The third-order valence-corrected chi connectivity index (χ3v) is 7.48. The molecule has 0 saturated carbocycles. The SMILES string of the molecule is O=C(Cc1cc2nc(-c3cnc4n3CCCC4)ccc2cn1)C1CCN(C(=O)c2ccccc2)CC1. The van der Waals surface area contributed by atoms with E-state index in [1.54, 1.807) is 0 Å². The van der Waals surface area contributed by atoms with Crippen molar-refractivity contribution in [3.05, 3.63) is 78.0 Å². The van der Waals surface area contributed by atoms with E-state index in [1.165, 1.54) is 12.8 Å². The first-order valence-corrected chi connectivity index (χ1v) is 12.8. The number of likely N-dealkylation sites (tertiary alicyclic amines) is 1. The van der Waals surface area contributed by atoms with Crippen molar-refractivity contribution in [1.82, 2.24) is 24.4 Å². The zero-order chi connectivity index (χ0) is 24.5. The summed E-state index contributed by atoms with van der Waals surface area (Å²) in [4.78, 5) is 41.7. The summed E-state index contributed by atoms with van der Waals surface area (Å²) in [5.41, 5.74) is 4.25. The number of pyridine rings is 2. The lowest BCUT2D eigenvalue weighted by Crippen LogP contribution is -2.40. The van der Waals surface area contributed by atoms with Crippen LogP contribution in [0.25, 0.3) is 22.3 Å². The van der Waals surface area contributed by atoms with Crippen LogP contribution in [0.1, 0.15) is 47.6 Å². The van der Waals surface area contributed by atoms with Gasteiger partial charge in [-0.25, -0.2) is 9.97 Å². The van der Waals surface area contributed by atoms with E-state index in [2.05, 4.69) is 14.5 Å². The predicted octanol–water partition coefficient (Wildman–Crippen LogP) is 4.49. The Balaban J connectivity index is 1.13. The second-order valence-electron chi connectivity index (χ2n) is 9.81. The molecule has 0 atom stereocenters. The Morgan fingerprint density at radius 1 is 0.917 bits per heavy atom. The van der Waals surface area contributed by atoms with Gasteiger partial charge in [-0.05, 0) is 56.0 Å². The number of ketones is 1. The molecule has 182 valence electrons. The van der Waals surface area contributed by atoms with Crippen LogP contribution in [-0.4, -0.2) is 49.2 Å². The number of imidazole rings is 1. The molecule has 36 heavy (non-hydrogen) atoms. The van der Waals surface area contributed by atoms with Gasteiger partial charge in [0.15, 0.2) is 0 Å². The Morgan fingerprint density at radius 2 is 1.75 bits per heavy atom. The lowest BCUT2D eigenvalue weighted by atomic mass is 9.90. The number of nitrogens with zero attached hydrogens (tertiary/aromatic N) is 5. The number of aryl methyl sites for hydroxylation is 1. The third kappa shape index (κ3) is 4.41. The minimum absolute atomic E-state index is 0.0408. The normalized spacial score (nSPS) is 16.2. The van der Waals surface area contributed by atoms with Crippen molar-refractivity contribution < 1.29 is 9.59 Å². The van der Waals surface area contributed by atoms with E-state index in [9.17, 15) is 9.59 Å². The molecule has 1 aromatic carbocycles. The maximum Gasteiger partial charge on any atom is 0.253 e. The fourth-order valence-corrected chi connectivity index (χ4v) is 5.41. The number of fused-ring (bicyclic) bond motifs is 2. The smallest absolute Gasteiger partial charge is 0.253 e. The van der Waals surface area contributed by atoms with Crippen LogP contribution in [0, 0.1) is 5.92 Å². The highest BCUT2D eigenvalue weighted by Crippen LogP contribution is 2.26. The molecule has 0 spiro atoms. The number of carbonyl (C=O) groups excluding carboxylic acids is 2. The number of Topliss-reactive ketones (excluding diaryl/α,β-unsaturated/α-hetero) is 1. The summed E-state index contributed by atoms with van der Waals surface area (Å²) < 4.78 is 2.28. The standard InChI is InChI=1S/C29H29N5O2/c35-27(20-11-14-33(15-12-20)29(36)21-6-2-1-3-7-21)17-23-16-25-22(18-30-23)9-10-24(32-25)26-19-31-28-8-4-5-13-34(26)28/h1-3,6-7,9-10,16,18-20H,4-5,8,11-15,17H2. The number of aromatic nitrogens is 4. The van der Waals surface area contributed by atoms with Gasteiger partial charge in [-0.3, -0.25) is 14.6 Å². The molecule has 1 saturated heterocycles. The summed E-state index contributed by atoms with van der Waals surface area (Å²) in [6.07, 6.45) is 8.79. The topological polar surface area (TPSA) is 81.0 Å². The van der Waals surface area contributed by atoms with E-state index in [4.69, 9.17) is 4.98 Å². The van der Waals surface area contributed by atoms with Crippen LogP contribution in [0.5, 0.6) is 0 Å². The summed E-state index contributed by atoms with van der Waals surface area (Å²) >= 11 is 0. The molecule has 1 fully saturated rings. The Bertz CT molecular complexity index is 1420. The second-order valence-corrected chi connectivity index (χ2v) is 9.81. The highest BCUT2D eigenvalue weighted by molar-refractivity contribution is 5.94. The second kappa shape index (κ2) is 9.64. The minimum atomic E-state index is -0.0417. The highest BCUT2D eigenvalue weighted by atomic mass is 16.2. The zero-order valence-corrected chi connectivity index (χ0v) is 20.3. The Kier molecular flexibility index (Phi) is 6.05. The third-order valence-electron chi connectivity index (χ3n) is 7.48. The number of benzene rings is 1. The Hall–Kier alpha value is -3.87. The van der Waals surface area contributed by atoms with Crippen molar-refractivity contribution in [3.63, 3.8) is 0 Å². The molecule has 3 aromatic heterocycles. The van der Waals surface area contributed by atoms with Gasteiger partial charge < -0.3 is 9.47 Å². The Labute approximate surface area is 210 Å². The number of piperidine rings is 1. The van der Waals surface area contributed by atoms with Crippen molar-refractivity contribution in [3.8, 4) is 11.4 Å². The first-order chi connectivity index (χ1) is 17.7. The van der Waals surface area contributed by atoms with Crippen molar-refractivity contribution >= 4 is 22.6 Å². The van der Waals surface area contributed by atoms with Gasteiger partial charge in [0.2, 0.25) is 0 Å². The van der Waals surface area contributed by atoms with Crippen LogP contribution in [0.3, 0.4) is 0 Å². The van der Waals surface area contributed by atoms with Crippen molar-refractivity contribution in [1.29, 1.82) is 0 Å². The molecule has 1 amide bonds. The molecule has 5 heterocycles. The molecular formula is C29H29N5O2. The molecule has 0 aliphatic carbocycles. The molecular weight excluding hydrogens is 450 g/mol. The molecule has 2 aliphatic heterocycles. The van der Waals surface area contributed by atoms with E-state index in [1.807, 2.05) is 65.8 Å². The molecule has 0 bridgehead atoms. The van der Waals surface area contributed by atoms with Crippen molar-refractivity contribution in [2.75, 3.05) is 13.1 Å². The van der Waals surface area contributed by atoms with Crippen LogP contribution in [0.4, 0.5) is 0 Å². The highest BCUT2D eigenvalue weighted by Gasteiger charge is 2.28. The molecule has 7 nitrogen and oxygen atoms in total. The van der Waals surface area contributed by atoms with Crippen LogP contribution in [0.2, 0.25) is 0 Å². The molecule has 2 aliphatic rings. The van der Waals surface area contributed by atoms with Gasteiger partial charge in [0.25, 0.3) is 5.91 Å². The fourth-order valence-electron chi connectivity index (χ4n) is 5.41. The van der Waals surface area contributed by atoms with Gasteiger partial charge in [0.05, 0.1) is 23.1 Å². The quantitative estimate of drug-likeness (QED) is 0.421. The lowest BCUT2D eigenvalue weighted by Gasteiger charge is -2.31. The molecule has 0 radical (unpaired) electrons. The summed E-state index contributed by atoms with van der Waals surface area (Å²) in [5.74, 6) is 1.32. The molecule has 7 heteroatoms. The van der Waals surface area contributed by atoms with Crippen molar-refractivity contribution in [2.45, 2.75) is 45.1 Å². The minimum Gasteiger partial charge on any atom is -0.339 e. The van der Waals surface area contributed by atoms with E-state index < -0.39 is 0 Å². The first kappa shape index (κ1) is 22.6. The number of hydrogen-bond acceptors (Lipinski definition) is 5. The van der Waals surface area contributed by atoms with Gasteiger partial charge in [0.1, 0.15) is 11.6 Å². The summed E-state index contributed by atoms with van der Waals surface area (Å²) in [6.45, 7) is 2.20. The number of amides is 1. The number of hydrogen-bond donors (Lipinski definition) is 0. The lowest BCUT2D eigenvalue weighted by molar-refractivity contribution is -0.123. The van der Waals surface area contributed by atoms with Gasteiger partial charge in [-0.2, -0.15) is 0 Å². The van der Waals surface area contributed by atoms with E-state index >= 15 is 0 Å². The maximum absolute atomic E-state index is 13.1. The molecule has 6 rings (SSSR count). The monoisotopic (exact) mass is 479 g/mol. The zero-order valence-electron chi connectivity index (χ0n) is 20.3. The fraction of sp³-hybridized carbons (Fsp3) is 0.345. The van der Waals surface area contributed by atoms with E-state index in [-0.39, 0.29) is 17.6 Å².